The first kappa shape index (κ1) is 13.6. The number of aryl methyl sites for hydroxylation is 1. The van der Waals surface area contributed by atoms with Crippen LogP contribution in [0.25, 0.3) is 0 Å². The van der Waals surface area contributed by atoms with E-state index < -0.39 is 0 Å². The fraction of sp³-hybridized carbons (Fsp3) is 0.800. The summed E-state index contributed by atoms with van der Waals surface area (Å²) in [6.45, 7) is 5.66. The highest BCUT2D eigenvalue weighted by Crippen LogP contribution is 2.31. The molecule has 0 radical (unpaired) electrons. The summed E-state index contributed by atoms with van der Waals surface area (Å²) in [6, 6.07) is 0.596. The zero-order chi connectivity index (χ0) is 13.0. The summed E-state index contributed by atoms with van der Waals surface area (Å²) in [4.78, 5) is 4.47. The minimum Gasteiger partial charge on any atom is -0.338 e. The van der Waals surface area contributed by atoms with E-state index in [-0.39, 0.29) is 0 Å². The molecule has 3 heteroatoms. The van der Waals surface area contributed by atoms with Crippen LogP contribution in [-0.2, 0) is 13.5 Å². The van der Waals surface area contributed by atoms with Crippen molar-refractivity contribution in [1.29, 1.82) is 0 Å². The van der Waals surface area contributed by atoms with Crippen LogP contribution in [-0.4, -0.2) is 22.1 Å². The van der Waals surface area contributed by atoms with E-state index in [1.807, 2.05) is 12.4 Å². The van der Waals surface area contributed by atoms with Gasteiger partial charge in [-0.05, 0) is 31.2 Å². The molecule has 3 atom stereocenters. The van der Waals surface area contributed by atoms with Crippen molar-refractivity contribution < 1.29 is 0 Å². The zero-order valence-corrected chi connectivity index (χ0v) is 12.0. The van der Waals surface area contributed by atoms with Crippen molar-refractivity contribution in [3.8, 4) is 0 Å². The van der Waals surface area contributed by atoms with Gasteiger partial charge in [0.25, 0.3) is 0 Å². The Bertz CT molecular complexity index is 358. The number of nitrogens with one attached hydrogen (secondary N) is 1. The van der Waals surface area contributed by atoms with Gasteiger partial charge in [0.1, 0.15) is 5.82 Å². The van der Waals surface area contributed by atoms with Crippen molar-refractivity contribution in [2.24, 2.45) is 18.9 Å². The molecule has 18 heavy (non-hydrogen) atoms. The van der Waals surface area contributed by atoms with E-state index in [0.29, 0.717) is 6.04 Å². The van der Waals surface area contributed by atoms with Gasteiger partial charge in [-0.1, -0.05) is 26.7 Å². The average Bonchev–Trinajstić information content (AvgIpc) is 2.74. The summed E-state index contributed by atoms with van der Waals surface area (Å²) in [5.41, 5.74) is 0. The van der Waals surface area contributed by atoms with Crippen molar-refractivity contribution in [3.63, 3.8) is 0 Å². The Morgan fingerprint density at radius 2 is 2.33 bits per heavy atom. The summed E-state index contributed by atoms with van der Waals surface area (Å²) >= 11 is 0. The van der Waals surface area contributed by atoms with Crippen molar-refractivity contribution in [2.75, 3.05) is 6.54 Å². The summed E-state index contributed by atoms with van der Waals surface area (Å²) in [5.74, 6) is 2.93. The smallest absolute Gasteiger partial charge is 0.109 e. The summed E-state index contributed by atoms with van der Waals surface area (Å²) in [7, 11) is 2.09. The highest BCUT2D eigenvalue weighted by Gasteiger charge is 2.27. The molecule has 102 valence electrons. The molecule has 2 rings (SSSR count). The van der Waals surface area contributed by atoms with E-state index in [1.165, 1.54) is 31.5 Å². The first-order chi connectivity index (χ1) is 8.70. The maximum Gasteiger partial charge on any atom is 0.109 e. The van der Waals surface area contributed by atoms with Crippen molar-refractivity contribution >= 4 is 0 Å². The molecule has 1 fully saturated rings. The Morgan fingerprint density at radius 3 is 2.94 bits per heavy atom. The van der Waals surface area contributed by atoms with Crippen LogP contribution in [0, 0.1) is 11.8 Å². The number of aromatic nitrogens is 2. The maximum absolute atomic E-state index is 4.47. The third kappa shape index (κ3) is 3.35. The molecule has 1 heterocycles. The molecule has 1 N–H and O–H groups in total. The third-order valence-corrected chi connectivity index (χ3v) is 4.34. The predicted octanol–water partition coefficient (Wildman–Crippen LogP) is 2.77. The Balaban J connectivity index is 2.01. The topological polar surface area (TPSA) is 29.9 Å². The van der Waals surface area contributed by atoms with Crippen LogP contribution >= 0.6 is 0 Å². The van der Waals surface area contributed by atoms with Gasteiger partial charge in [-0.3, -0.25) is 0 Å². The Labute approximate surface area is 111 Å². The molecule has 1 aromatic heterocycles. The SMILES string of the molecule is CCNC(Cc1nccn1C)C1CCCC(C)C1. The van der Waals surface area contributed by atoms with E-state index in [1.54, 1.807) is 0 Å². The lowest BCUT2D eigenvalue weighted by atomic mass is 9.77. The summed E-state index contributed by atoms with van der Waals surface area (Å²) in [6.07, 6.45) is 10.6. The molecule has 1 aliphatic rings. The highest BCUT2D eigenvalue weighted by atomic mass is 15.0. The largest absolute Gasteiger partial charge is 0.338 e. The highest BCUT2D eigenvalue weighted by molar-refractivity contribution is 4.96. The molecule has 1 saturated carbocycles. The first-order valence-corrected chi connectivity index (χ1v) is 7.40. The molecule has 0 aromatic carbocycles. The van der Waals surface area contributed by atoms with Gasteiger partial charge in [0.05, 0.1) is 0 Å². The van der Waals surface area contributed by atoms with Gasteiger partial charge in [0.2, 0.25) is 0 Å². The fourth-order valence-corrected chi connectivity index (χ4v) is 3.30. The molecule has 0 aliphatic heterocycles. The van der Waals surface area contributed by atoms with E-state index in [0.717, 1.165) is 24.8 Å². The second-order valence-corrected chi connectivity index (χ2v) is 5.85. The van der Waals surface area contributed by atoms with Gasteiger partial charge in [-0.2, -0.15) is 0 Å². The number of likely N-dealkylation sites (N-methyl/N-ethyl adjacent to an activating group) is 1. The molecule has 3 unspecified atom stereocenters. The van der Waals surface area contributed by atoms with Crippen LogP contribution in [0.15, 0.2) is 12.4 Å². The standard InChI is InChI=1S/C15H27N3/c1-4-16-14(11-15-17-8-9-18(15)3)13-7-5-6-12(2)10-13/h8-9,12-14,16H,4-7,10-11H2,1-3H3. The minimum atomic E-state index is 0.596. The van der Waals surface area contributed by atoms with Gasteiger partial charge < -0.3 is 9.88 Å². The Hall–Kier alpha value is -0.830. The van der Waals surface area contributed by atoms with E-state index >= 15 is 0 Å². The quantitative estimate of drug-likeness (QED) is 0.869. The molecular weight excluding hydrogens is 222 g/mol. The summed E-state index contributed by atoms with van der Waals surface area (Å²) in [5, 5.41) is 3.69. The van der Waals surface area contributed by atoms with Gasteiger partial charge in [0.15, 0.2) is 0 Å². The lowest BCUT2D eigenvalue weighted by Gasteiger charge is -2.33. The second-order valence-electron chi connectivity index (χ2n) is 5.85. The van der Waals surface area contributed by atoms with Crippen LogP contribution in [0.1, 0.15) is 45.4 Å². The van der Waals surface area contributed by atoms with Crippen LogP contribution < -0.4 is 5.32 Å². The fourth-order valence-electron chi connectivity index (χ4n) is 3.30. The van der Waals surface area contributed by atoms with Gasteiger partial charge in [-0.25, -0.2) is 4.98 Å². The lowest BCUT2D eigenvalue weighted by molar-refractivity contribution is 0.220. The molecular formula is C15H27N3. The Kier molecular flexibility index (Phi) is 4.81. The predicted molar refractivity (Wildman–Crippen MR) is 75.5 cm³/mol. The van der Waals surface area contributed by atoms with E-state index in [2.05, 4.69) is 35.8 Å². The van der Waals surface area contributed by atoms with E-state index in [4.69, 9.17) is 0 Å². The van der Waals surface area contributed by atoms with Crippen molar-refractivity contribution in [1.82, 2.24) is 14.9 Å². The lowest BCUT2D eigenvalue weighted by Crippen LogP contribution is -2.40. The molecule has 3 nitrogen and oxygen atoms in total. The van der Waals surface area contributed by atoms with Crippen LogP contribution in [0.4, 0.5) is 0 Å². The number of rotatable bonds is 5. The maximum atomic E-state index is 4.47. The normalized spacial score (nSPS) is 26.2. The molecule has 1 aromatic rings. The monoisotopic (exact) mass is 249 g/mol. The first-order valence-electron chi connectivity index (χ1n) is 7.40. The van der Waals surface area contributed by atoms with Gasteiger partial charge in [0, 0.05) is 31.9 Å². The third-order valence-electron chi connectivity index (χ3n) is 4.34. The van der Waals surface area contributed by atoms with Crippen LogP contribution in [0.2, 0.25) is 0 Å². The van der Waals surface area contributed by atoms with E-state index in [9.17, 15) is 0 Å². The van der Waals surface area contributed by atoms with Gasteiger partial charge in [-0.15, -0.1) is 0 Å². The number of hydrogen-bond donors (Lipinski definition) is 1. The molecule has 0 spiro atoms. The van der Waals surface area contributed by atoms with Gasteiger partial charge >= 0.3 is 0 Å². The average molecular weight is 249 g/mol. The Morgan fingerprint density at radius 1 is 1.50 bits per heavy atom. The molecule has 0 saturated heterocycles. The number of nitrogens with zero attached hydrogens (tertiary/aromatic N) is 2. The van der Waals surface area contributed by atoms with Crippen LogP contribution in [0.3, 0.4) is 0 Å². The van der Waals surface area contributed by atoms with Crippen molar-refractivity contribution in [3.05, 3.63) is 18.2 Å². The number of hydrogen-bond acceptors (Lipinski definition) is 2. The van der Waals surface area contributed by atoms with Crippen molar-refractivity contribution in [2.45, 2.75) is 52.0 Å². The summed E-state index contributed by atoms with van der Waals surface area (Å²) < 4.78 is 2.15. The van der Waals surface area contributed by atoms with Crippen LogP contribution in [0.5, 0.6) is 0 Å². The minimum absolute atomic E-state index is 0.596. The molecule has 0 bridgehead atoms. The second kappa shape index (κ2) is 6.37. The number of imidazole rings is 1. The zero-order valence-electron chi connectivity index (χ0n) is 12.0. The molecule has 0 amide bonds. The molecule has 1 aliphatic carbocycles.